The van der Waals surface area contributed by atoms with Crippen molar-refractivity contribution in [2.24, 2.45) is 0 Å². The van der Waals surface area contributed by atoms with Crippen LogP contribution in [0.15, 0.2) is 30.7 Å². The van der Waals surface area contributed by atoms with Crippen LogP contribution in [-0.2, 0) is 6.42 Å². The quantitative estimate of drug-likeness (QED) is 0.788. The first-order chi connectivity index (χ1) is 9.81. The van der Waals surface area contributed by atoms with E-state index in [4.69, 9.17) is 9.47 Å². The largest absolute Gasteiger partial charge is 0.454 e. The molecular weight excluding hydrogens is 260 g/mol. The van der Waals surface area contributed by atoms with Crippen LogP contribution in [-0.4, -0.2) is 29.3 Å². The van der Waals surface area contributed by atoms with Gasteiger partial charge in [0.2, 0.25) is 6.79 Å². The van der Waals surface area contributed by atoms with Crippen LogP contribution in [0.1, 0.15) is 5.69 Å². The van der Waals surface area contributed by atoms with Crippen LogP contribution >= 0.6 is 0 Å². The number of imidazole rings is 1. The van der Waals surface area contributed by atoms with Gasteiger partial charge in [0, 0.05) is 36.6 Å². The second-order valence-corrected chi connectivity index (χ2v) is 4.28. The molecule has 0 saturated heterocycles. The Labute approximate surface area is 115 Å². The monoisotopic (exact) mass is 274 g/mol. The fourth-order valence-corrected chi connectivity index (χ4v) is 1.88. The van der Waals surface area contributed by atoms with Crippen molar-refractivity contribution in [1.82, 2.24) is 15.3 Å². The molecule has 3 N–H and O–H groups in total. The van der Waals surface area contributed by atoms with Crippen LogP contribution in [0.3, 0.4) is 0 Å². The van der Waals surface area contributed by atoms with Crippen molar-refractivity contribution in [2.75, 3.05) is 18.7 Å². The molecule has 104 valence electrons. The maximum absolute atomic E-state index is 11.7. The van der Waals surface area contributed by atoms with Crippen LogP contribution in [0.25, 0.3) is 0 Å². The van der Waals surface area contributed by atoms with Gasteiger partial charge in [-0.3, -0.25) is 0 Å². The number of rotatable bonds is 4. The van der Waals surface area contributed by atoms with Crippen molar-refractivity contribution < 1.29 is 14.3 Å². The summed E-state index contributed by atoms with van der Waals surface area (Å²) in [6.45, 7) is 0.744. The molecule has 0 saturated carbocycles. The molecule has 2 heterocycles. The van der Waals surface area contributed by atoms with Gasteiger partial charge < -0.3 is 25.1 Å². The zero-order valence-corrected chi connectivity index (χ0v) is 10.7. The van der Waals surface area contributed by atoms with Gasteiger partial charge in [-0.2, -0.15) is 0 Å². The number of fused-ring (bicyclic) bond motifs is 1. The van der Waals surface area contributed by atoms with Crippen molar-refractivity contribution in [2.45, 2.75) is 6.42 Å². The SMILES string of the molecule is O=C(NCCc1cnc[nH]1)Nc1ccc2c(c1)OCO2. The third kappa shape index (κ3) is 2.82. The number of aromatic amines is 1. The van der Waals surface area contributed by atoms with Gasteiger partial charge in [-0.25, -0.2) is 9.78 Å². The summed E-state index contributed by atoms with van der Waals surface area (Å²) in [6.07, 6.45) is 4.05. The minimum Gasteiger partial charge on any atom is -0.454 e. The summed E-state index contributed by atoms with van der Waals surface area (Å²) in [6, 6.07) is 5.00. The third-order valence-corrected chi connectivity index (χ3v) is 2.87. The zero-order chi connectivity index (χ0) is 13.8. The number of hydrogen-bond acceptors (Lipinski definition) is 4. The van der Waals surface area contributed by atoms with Gasteiger partial charge in [0.15, 0.2) is 11.5 Å². The molecule has 3 rings (SSSR count). The molecule has 2 aromatic rings. The van der Waals surface area contributed by atoms with Crippen LogP contribution in [0.4, 0.5) is 10.5 Å². The molecule has 0 atom stereocenters. The second kappa shape index (κ2) is 5.52. The number of hydrogen-bond donors (Lipinski definition) is 3. The molecule has 0 spiro atoms. The molecule has 0 unspecified atom stereocenters. The normalized spacial score (nSPS) is 12.2. The Bertz CT molecular complexity index is 598. The summed E-state index contributed by atoms with van der Waals surface area (Å²) in [7, 11) is 0. The summed E-state index contributed by atoms with van der Waals surface area (Å²) in [4.78, 5) is 18.6. The molecule has 1 aromatic heterocycles. The van der Waals surface area contributed by atoms with E-state index < -0.39 is 0 Å². The van der Waals surface area contributed by atoms with E-state index in [1.165, 1.54) is 0 Å². The van der Waals surface area contributed by atoms with Gasteiger partial charge in [0.25, 0.3) is 0 Å². The topological polar surface area (TPSA) is 88.3 Å². The van der Waals surface area contributed by atoms with Crippen molar-refractivity contribution in [1.29, 1.82) is 0 Å². The Kier molecular flexibility index (Phi) is 3.40. The number of H-pyrrole nitrogens is 1. The summed E-state index contributed by atoms with van der Waals surface area (Å²) in [5.41, 5.74) is 1.64. The summed E-state index contributed by atoms with van der Waals surface area (Å²) in [5.74, 6) is 1.33. The van der Waals surface area contributed by atoms with Crippen LogP contribution in [0.2, 0.25) is 0 Å². The zero-order valence-electron chi connectivity index (χ0n) is 10.7. The third-order valence-electron chi connectivity index (χ3n) is 2.87. The number of amides is 2. The smallest absolute Gasteiger partial charge is 0.319 e. The molecule has 7 nitrogen and oxygen atoms in total. The van der Waals surface area contributed by atoms with Crippen LogP contribution in [0.5, 0.6) is 11.5 Å². The Morgan fingerprint density at radius 1 is 1.35 bits per heavy atom. The first-order valence-corrected chi connectivity index (χ1v) is 6.23. The first-order valence-electron chi connectivity index (χ1n) is 6.23. The molecule has 1 aromatic carbocycles. The molecule has 0 fully saturated rings. The summed E-state index contributed by atoms with van der Waals surface area (Å²) < 4.78 is 10.5. The number of nitrogens with zero attached hydrogens (tertiary/aromatic N) is 1. The number of aromatic nitrogens is 2. The molecule has 1 aliphatic heterocycles. The summed E-state index contributed by atoms with van der Waals surface area (Å²) in [5, 5.41) is 5.51. The minimum absolute atomic E-state index is 0.217. The lowest BCUT2D eigenvalue weighted by molar-refractivity contribution is 0.174. The van der Waals surface area contributed by atoms with Gasteiger partial charge in [-0.1, -0.05) is 0 Å². The molecule has 1 aliphatic rings. The number of nitrogens with one attached hydrogen (secondary N) is 3. The van der Waals surface area contributed by atoms with Crippen molar-refractivity contribution >= 4 is 11.7 Å². The average molecular weight is 274 g/mol. The van der Waals surface area contributed by atoms with E-state index in [1.54, 1.807) is 30.7 Å². The number of urea groups is 1. The fourth-order valence-electron chi connectivity index (χ4n) is 1.88. The van der Waals surface area contributed by atoms with E-state index in [9.17, 15) is 4.79 Å². The molecule has 2 amide bonds. The van der Waals surface area contributed by atoms with Crippen LogP contribution < -0.4 is 20.1 Å². The van der Waals surface area contributed by atoms with Crippen molar-refractivity contribution in [3.63, 3.8) is 0 Å². The summed E-state index contributed by atoms with van der Waals surface area (Å²) >= 11 is 0. The van der Waals surface area contributed by atoms with Gasteiger partial charge in [0.05, 0.1) is 6.33 Å². The van der Waals surface area contributed by atoms with Gasteiger partial charge in [-0.15, -0.1) is 0 Å². The van der Waals surface area contributed by atoms with E-state index in [0.29, 0.717) is 30.2 Å². The highest BCUT2D eigenvalue weighted by molar-refractivity contribution is 5.89. The molecule has 0 aliphatic carbocycles. The lowest BCUT2D eigenvalue weighted by Gasteiger charge is -2.07. The number of carbonyl (C=O) groups excluding carboxylic acids is 1. The van der Waals surface area contributed by atoms with E-state index in [1.807, 2.05) is 0 Å². The van der Waals surface area contributed by atoms with Gasteiger partial charge in [-0.05, 0) is 12.1 Å². The standard InChI is InChI=1S/C13H14N4O3/c18-13(15-4-3-10-6-14-7-16-10)17-9-1-2-11-12(5-9)20-8-19-11/h1-2,5-7H,3-4,8H2,(H,14,16)(H2,15,17,18). The Hall–Kier alpha value is -2.70. The number of ether oxygens (including phenoxy) is 2. The maximum atomic E-state index is 11.7. The minimum atomic E-state index is -0.261. The highest BCUT2D eigenvalue weighted by atomic mass is 16.7. The molecule has 7 heteroatoms. The molecule has 20 heavy (non-hydrogen) atoms. The Morgan fingerprint density at radius 2 is 2.25 bits per heavy atom. The number of anilines is 1. The Balaban J connectivity index is 1.49. The van der Waals surface area contributed by atoms with Crippen molar-refractivity contribution in [3.05, 3.63) is 36.4 Å². The fraction of sp³-hybridized carbons (Fsp3) is 0.231. The first kappa shape index (κ1) is 12.3. The highest BCUT2D eigenvalue weighted by Gasteiger charge is 2.13. The lowest BCUT2D eigenvalue weighted by Crippen LogP contribution is -2.30. The van der Waals surface area contributed by atoms with Gasteiger partial charge in [0.1, 0.15) is 0 Å². The van der Waals surface area contributed by atoms with E-state index in [2.05, 4.69) is 20.6 Å². The molecule has 0 bridgehead atoms. The maximum Gasteiger partial charge on any atom is 0.319 e. The highest BCUT2D eigenvalue weighted by Crippen LogP contribution is 2.34. The molecular formula is C13H14N4O3. The lowest BCUT2D eigenvalue weighted by atomic mass is 10.3. The van der Waals surface area contributed by atoms with Gasteiger partial charge >= 0.3 is 6.03 Å². The second-order valence-electron chi connectivity index (χ2n) is 4.28. The van der Waals surface area contributed by atoms with E-state index >= 15 is 0 Å². The predicted molar refractivity (Wildman–Crippen MR) is 71.9 cm³/mol. The molecule has 0 radical (unpaired) electrons. The van der Waals surface area contributed by atoms with E-state index in [0.717, 1.165) is 5.69 Å². The Morgan fingerprint density at radius 3 is 3.10 bits per heavy atom. The predicted octanol–water partition coefficient (Wildman–Crippen LogP) is 1.50. The average Bonchev–Trinajstić information content (AvgIpc) is 3.08. The van der Waals surface area contributed by atoms with Crippen molar-refractivity contribution in [3.8, 4) is 11.5 Å². The number of carbonyl (C=O) groups is 1. The van der Waals surface area contributed by atoms with Crippen LogP contribution in [0, 0.1) is 0 Å². The number of benzene rings is 1. The van der Waals surface area contributed by atoms with E-state index in [-0.39, 0.29) is 12.8 Å².